The summed E-state index contributed by atoms with van der Waals surface area (Å²) < 4.78 is 11.0. The van der Waals surface area contributed by atoms with Crippen LogP contribution in [-0.4, -0.2) is 18.3 Å². The van der Waals surface area contributed by atoms with Crippen molar-refractivity contribution in [3.05, 3.63) is 54.1 Å². The van der Waals surface area contributed by atoms with E-state index in [4.69, 9.17) is 9.47 Å². The molecule has 1 fully saturated rings. The molecule has 0 atom stereocenters. The maximum Gasteiger partial charge on any atom is 0.184 e. The van der Waals surface area contributed by atoms with Gasteiger partial charge in [0.05, 0.1) is 13.2 Å². The number of phenols is 1. The highest BCUT2D eigenvalue weighted by Gasteiger charge is 2.18. The van der Waals surface area contributed by atoms with Crippen LogP contribution in [-0.2, 0) is 9.47 Å². The van der Waals surface area contributed by atoms with E-state index >= 15 is 0 Å². The van der Waals surface area contributed by atoms with Gasteiger partial charge in [0.15, 0.2) is 6.29 Å². The molecule has 1 saturated heterocycles. The molecule has 2 aromatic rings. The summed E-state index contributed by atoms with van der Waals surface area (Å²) in [7, 11) is 0. The van der Waals surface area contributed by atoms with Crippen molar-refractivity contribution in [2.45, 2.75) is 6.29 Å². The Kier molecular flexibility index (Phi) is 3.00. The number of rotatable bonds is 2. The number of benzene rings is 2. The van der Waals surface area contributed by atoms with E-state index in [1.165, 1.54) is 0 Å². The van der Waals surface area contributed by atoms with Gasteiger partial charge in [0.2, 0.25) is 0 Å². The highest BCUT2D eigenvalue weighted by molar-refractivity contribution is 5.64. The predicted molar refractivity (Wildman–Crippen MR) is 68.2 cm³/mol. The second-order valence-electron chi connectivity index (χ2n) is 4.25. The maximum absolute atomic E-state index is 9.29. The second kappa shape index (κ2) is 4.80. The van der Waals surface area contributed by atoms with Gasteiger partial charge < -0.3 is 14.6 Å². The van der Waals surface area contributed by atoms with Gasteiger partial charge in [-0.3, -0.25) is 0 Å². The number of hydrogen-bond donors (Lipinski definition) is 1. The molecular formula is C15H14O3. The molecule has 3 rings (SSSR count). The molecule has 18 heavy (non-hydrogen) atoms. The van der Waals surface area contributed by atoms with Crippen LogP contribution in [0.3, 0.4) is 0 Å². The minimum atomic E-state index is -0.248. The molecule has 92 valence electrons. The first-order valence-electron chi connectivity index (χ1n) is 5.95. The van der Waals surface area contributed by atoms with E-state index < -0.39 is 0 Å². The van der Waals surface area contributed by atoms with Crippen LogP contribution in [0.5, 0.6) is 5.75 Å². The van der Waals surface area contributed by atoms with Crippen LogP contribution in [0, 0.1) is 0 Å². The third-order valence-corrected chi connectivity index (χ3v) is 2.98. The zero-order valence-electron chi connectivity index (χ0n) is 9.87. The number of ether oxygens (including phenoxy) is 2. The van der Waals surface area contributed by atoms with Gasteiger partial charge in [0, 0.05) is 5.56 Å². The Morgan fingerprint density at radius 1 is 0.889 bits per heavy atom. The third-order valence-electron chi connectivity index (χ3n) is 2.98. The summed E-state index contributed by atoms with van der Waals surface area (Å²) in [6, 6.07) is 15.2. The molecule has 2 aromatic carbocycles. The monoisotopic (exact) mass is 242 g/mol. The van der Waals surface area contributed by atoms with Gasteiger partial charge in [-0.2, -0.15) is 0 Å². The molecule has 0 radical (unpaired) electrons. The first-order chi connectivity index (χ1) is 8.83. The molecular weight excluding hydrogens is 228 g/mol. The van der Waals surface area contributed by atoms with Gasteiger partial charge in [0.1, 0.15) is 5.75 Å². The van der Waals surface area contributed by atoms with Crippen LogP contribution in [0.1, 0.15) is 11.9 Å². The van der Waals surface area contributed by atoms with E-state index in [2.05, 4.69) is 6.07 Å². The molecule has 0 aromatic heterocycles. The van der Waals surface area contributed by atoms with Crippen LogP contribution in [0.4, 0.5) is 0 Å². The van der Waals surface area contributed by atoms with Crippen molar-refractivity contribution in [2.24, 2.45) is 0 Å². The molecule has 0 spiro atoms. The highest BCUT2D eigenvalue weighted by Crippen LogP contribution is 2.28. The summed E-state index contributed by atoms with van der Waals surface area (Å²) in [5.74, 6) is 0.275. The molecule has 0 amide bonds. The molecule has 1 heterocycles. The Bertz CT molecular complexity index is 528. The molecule has 0 saturated carbocycles. The minimum absolute atomic E-state index is 0.248. The molecule has 0 bridgehead atoms. The molecule has 0 aliphatic carbocycles. The highest BCUT2D eigenvalue weighted by atomic mass is 16.7. The Labute approximate surface area is 106 Å². The fraction of sp³-hybridized carbons (Fsp3) is 0.200. The van der Waals surface area contributed by atoms with Crippen LogP contribution in [0.25, 0.3) is 11.1 Å². The summed E-state index contributed by atoms with van der Waals surface area (Å²) in [4.78, 5) is 0. The van der Waals surface area contributed by atoms with Crippen molar-refractivity contribution in [1.82, 2.24) is 0 Å². The lowest BCUT2D eigenvalue weighted by Gasteiger charge is -2.11. The summed E-state index contributed by atoms with van der Waals surface area (Å²) >= 11 is 0. The molecule has 1 aliphatic heterocycles. The van der Waals surface area contributed by atoms with Crippen molar-refractivity contribution in [2.75, 3.05) is 13.2 Å². The van der Waals surface area contributed by atoms with Crippen molar-refractivity contribution < 1.29 is 14.6 Å². The van der Waals surface area contributed by atoms with Gasteiger partial charge >= 0.3 is 0 Å². The van der Waals surface area contributed by atoms with Crippen molar-refractivity contribution in [3.63, 3.8) is 0 Å². The largest absolute Gasteiger partial charge is 0.508 e. The summed E-state index contributed by atoms with van der Waals surface area (Å²) in [5.41, 5.74) is 3.18. The van der Waals surface area contributed by atoms with E-state index in [9.17, 15) is 5.11 Å². The average molecular weight is 242 g/mol. The Hall–Kier alpha value is -1.84. The smallest absolute Gasteiger partial charge is 0.184 e. The number of hydrogen-bond acceptors (Lipinski definition) is 3. The molecule has 3 heteroatoms. The van der Waals surface area contributed by atoms with Crippen molar-refractivity contribution in [1.29, 1.82) is 0 Å². The maximum atomic E-state index is 9.29. The Morgan fingerprint density at radius 2 is 1.61 bits per heavy atom. The van der Waals surface area contributed by atoms with Gasteiger partial charge in [0.25, 0.3) is 0 Å². The van der Waals surface area contributed by atoms with Crippen LogP contribution >= 0.6 is 0 Å². The van der Waals surface area contributed by atoms with E-state index in [-0.39, 0.29) is 12.0 Å². The third kappa shape index (κ3) is 2.23. The molecule has 1 N–H and O–H groups in total. The lowest BCUT2D eigenvalue weighted by Crippen LogP contribution is -1.97. The standard InChI is InChI=1S/C15H14O3/c16-14-6-4-11(5-7-14)12-2-1-3-13(10-12)15-17-8-9-18-15/h1-7,10,15-16H,8-9H2. The zero-order valence-corrected chi connectivity index (χ0v) is 9.87. The number of phenolic OH excluding ortho intramolecular Hbond substituents is 1. The van der Waals surface area contributed by atoms with E-state index in [1.54, 1.807) is 12.1 Å². The molecule has 1 aliphatic rings. The SMILES string of the molecule is Oc1ccc(-c2cccc(C3OCCO3)c2)cc1. The summed E-state index contributed by atoms with van der Waals surface area (Å²) in [6.07, 6.45) is -0.248. The van der Waals surface area contributed by atoms with Crippen molar-refractivity contribution >= 4 is 0 Å². The van der Waals surface area contributed by atoms with Gasteiger partial charge in [-0.15, -0.1) is 0 Å². The van der Waals surface area contributed by atoms with Gasteiger partial charge in [-0.25, -0.2) is 0 Å². The lowest BCUT2D eigenvalue weighted by molar-refractivity contribution is -0.0440. The quantitative estimate of drug-likeness (QED) is 0.879. The number of aromatic hydroxyl groups is 1. The predicted octanol–water partition coefficient (Wildman–Crippen LogP) is 3.10. The molecule has 3 nitrogen and oxygen atoms in total. The first kappa shape index (κ1) is 11.3. The minimum Gasteiger partial charge on any atom is -0.508 e. The fourth-order valence-electron chi connectivity index (χ4n) is 2.07. The van der Waals surface area contributed by atoms with Crippen LogP contribution in [0.2, 0.25) is 0 Å². The van der Waals surface area contributed by atoms with Crippen LogP contribution < -0.4 is 0 Å². The van der Waals surface area contributed by atoms with Crippen LogP contribution in [0.15, 0.2) is 48.5 Å². The Balaban J connectivity index is 1.92. The van der Waals surface area contributed by atoms with E-state index in [0.717, 1.165) is 16.7 Å². The summed E-state index contributed by atoms with van der Waals surface area (Å²) in [5, 5.41) is 9.29. The van der Waals surface area contributed by atoms with Gasteiger partial charge in [-0.05, 0) is 29.3 Å². The van der Waals surface area contributed by atoms with E-state index in [1.807, 2.05) is 30.3 Å². The van der Waals surface area contributed by atoms with Crippen molar-refractivity contribution in [3.8, 4) is 16.9 Å². The molecule has 0 unspecified atom stereocenters. The lowest BCUT2D eigenvalue weighted by atomic mass is 10.0. The zero-order chi connectivity index (χ0) is 12.4. The summed E-state index contributed by atoms with van der Waals surface area (Å²) in [6.45, 7) is 1.29. The van der Waals surface area contributed by atoms with E-state index in [0.29, 0.717) is 13.2 Å². The topological polar surface area (TPSA) is 38.7 Å². The normalized spacial score (nSPS) is 16.0. The van der Waals surface area contributed by atoms with Gasteiger partial charge in [-0.1, -0.05) is 30.3 Å². The second-order valence-corrected chi connectivity index (χ2v) is 4.25. The average Bonchev–Trinajstić information content (AvgIpc) is 2.94. The fourth-order valence-corrected chi connectivity index (χ4v) is 2.07. The Morgan fingerprint density at radius 3 is 2.33 bits per heavy atom. The first-order valence-corrected chi connectivity index (χ1v) is 5.95.